The zero-order valence-electron chi connectivity index (χ0n) is 10.6. The molecule has 0 spiro atoms. The van der Waals surface area contributed by atoms with Gasteiger partial charge in [0.25, 0.3) is 0 Å². The molecule has 0 saturated heterocycles. The standard InChI is InChI=1S/C12H14N4O2S/c1-16(2)19(17,18)15-10-3-4-12-11(7-10)9(5-6-13)8-14-12/h3-4,7-8,14-15H,5H2,1-2H3. The molecule has 2 N–H and O–H groups in total. The highest BCUT2D eigenvalue weighted by molar-refractivity contribution is 7.90. The Morgan fingerprint density at radius 2 is 2.16 bits per heavy atom. The summed E-state index contributed by atoms with van der Waals surface area (Å²) in [6.45, 7) is 0. The Labute approximate surface area is 111 Å². The van der Waals surface area contributed by atoms with Crippen LogP contribution < -0.4 is 4.72 Å². The van der Waals surface area contributed by atoms with E-state index in [-0.39, 0.29) is 6.42 Å². The largest absolute Gasteiger partial charge is 0.361 e. The van der Waals surface area contributed by atoms with Crippen LogP contribution in [0.25, 0.3) is 10.9 Å². The Morgan fingerprint density at radius 1 is 1.42 bits per heavy atom. The van der Waals surface area contributed by atoms with Gasteiger partial charge in [0.15, 0.2) is 0 Å². The first kappa shape index (κ1) is 13.4. The van der Waals surface area contributed by atoms with E-state index in [0.29, 0.717) is 5.69 Å². The van der Waals surface area contributed by atoms with Crippen LogP contribution in [0.3, 0.4) is 0 Å². The van der Waals surface area contributed by atoms with E-state index in [1.807, 2.05) is 0 Å². The van der Waals surface area contributed by atoms with E-state index < -0.39 is 10.2 Å². The molecule has 0 aliphatic rings. The minimum Gasteiger partial charge on any atom is -0.361 e. The third kappa shape index (κ3) is 2.70. The quantitative estimate of drug-likeness (QED) is 0.887. The van der Waals surface area contributed by atoms with E-state index in [4.69, 9.17) is 5.26 Å². The average Bonchev–Trinajstić information content (AvgIpc) is 2.72. The molecule has 19 heavy (non-hydrogen) atoms. The summed E-state index contributed by atoms with van der Waals surface area (Å²) in [5.41, 5.74) is 2.20. The number of aromatic amines is 1. The summed E-state index contributed by atoms with van der Waals surface area (Å²) in [6.07, 6.45) is 2.04. The third-order valence-corrected chi connectivity index (χ3v) is 4.22. The maximum Gasteiger partial charge on any atom is 0.301 e. The first-order valence-corrected chi connectivity index (χ1v) is 7.05. The second kappa shape index (κ2) is 4.91. The number of aromatic nitrogens is 1. The van der Waals surface area contributed by atoms with Crippen LogP contribution in [0.1, 0.15) is 5.56 Å². The molecule has 1 heterocycles. The van der Waals surface area contributed by atoms with Gasteiger partial charge in [-0.1, -0.05) is 0 Å². The monoisotopic (exact) mass is 278 g/mol. The van der Waals surface area contributed by atoms with Gasteiger partial charge in [0.1, 0.15) is 0 Å². The van der Waals surface area contributed by atoms with E-state index in [2.05, 4.69) is 15.8 Å². The van der Waals surface area contributed by atoms with Crippen molar-refractivity contribution in [3.8, 4) is 6.07 Å². The Bertz CT molecular complexity index is 741. The van der Waals surface area contributed by atoms with Gasteiger partial charge in [0.2, 0.25) is 0 Å². The van der Waals surface area contributed by atoms with Crippen LogP contribution in [0.4, 0.5) is 5.69 Å². The Morgan fingerprint density at radius 3 is 2.79 bits per heavy atom. The molecule has 0 amide bonds. The molecule has 0 aliphatic carbocycles. The highest BCUT2D eigenvalue weighted by Gasteiger charge is 2.13. The predicted octanol–water partition coefficient (Wildman–Crippen LogP) is 1.45. The smallest absolute Gasteiger partial charge is 0.301 e. The molecular weight excluding hydrogens is 264 g/mol. The van der Waals surface area contributed by atoms with E-state index in [9.17, 15) is 8.42 Å². The van der Waals surface area contributed by atoms with Gasteiger partial charge < -0.3 is 4.98 Å². The first-order valence-electron chi connectivity index (χ1n) is 5.61. The molecule has 1 aromatic heterocycles. The van der Waals surface area contributed by atoms with Crippen molar-refractivity contribution in [1.29, 1.82) is 5.26 Å². The fraction of sp³-hybridized carbons (Fsp3) is 0.250. The maximum absolute atomic E-state index is 11.7. The average molecular weight is 278 g/mol. The summed E-state index contributed by atoms with van der Waals surface area (Å²) < 4.78 is 27.1. The first-order chi connectivity index (χ1) is 8.94. The molecule has 2 aromatic rings. The van der Waals surface area contributed by atoms with Crippen molar-refractivity contribution in [3.05, 3.63) is 30.0 Å². The zero-order chi connectivity index (χ0) is 14.0. The Hall–Kier alpha value is -2.04. The fourth-order valence-electron chi connectivity index (χ4n) is 1.71. The number of nitriles is 1. The lowest BCUT2D eigenvalue weighted by atomic mass is 10.1. The van der Waals surface area contributed by atoms with Crippen molar-refractivity contribution < 1.29 is 8.42 Å². The van der Waals surface area contributed by atoms with Crippen LogP contribution >= 0.6 is 0 Å². The van der Waals surface area contributed by atoms with Crippen molar-refractivity contribution in [2.45, 2.75) is 6.42 Å². The molecule has 0 fully saturated rings. The molecule has 0 bridgehead atoms. The summed E-state index contributed by atoms with van der Waals surface area (Å²) in [5.74, 6) is 0. The van der Waals surface area contributed by atoms with Crippen molar-refractivity contribution in [3.63, 3.8) is 0 Å². The molecule has 7 heteroatoms. The lowest BCUT2D eigenvalue weighted by molar-refractivity contribution is 0.527. The van der Waals surface area contributed by atoms with Crippen LogP contribution in [-0.4, -0.2) is 31.8 Å². The maximum atomic E-state index is 11.7. The number of hydrogen-bond acceptors (Lipinski definition) is 3. The summed E-state index contributed by atoms with van der Waals surface area (Å²) in [5, 5.41) is 9.59. The van der Waals surface area contributed by atoms with Gasteiger partial charge >= 0.3 is 10.2 Å². The van der Waals surface area contributed by atoms with Crippen LogP contribution in [0, 0.1) is 11.3 Å². The fourth-order valence-corrected chi connectivity index (χ4v) is 2.32. The molecule has 0 atom stereocenters. The van der Waals surface area contributed by atoms with Crippen molar-refractivity contribution in [2.75, 3.05) is 18.8 Å². The molecule has 100 valence electrons. The zero-order valence-corrected chi connectivity index (χ0v) is 11.5. The van der Waals surface area contributed by atoms with E-state index >= 15 is 0 Å². The molecule has 0 saturated carbocycles. The van der Waals surface area contributed by atoms with Gasteiger partial charge in [-0.05, 0) is 23.8 Å². The van der Waals surface area contributed by atoms with Crippen molar-refractivity contribution in [2.24, 2.45) is 0 Å². The van der Waals surface area contributed by atoms with Crippen LogP contribution in [0.5, 0.6) is 0 Å². The normalized spacial score (nSPS) is 11.7. The summed E-state index contributed by atoms with van der Waals surface area (Å²) in [4.78, 5) is 3.05. The van der Waals surface area contributed by atoms with E-state index in [1.165, 1.54) is 14.1 Å². The van der Waals surface area contributed by atoms with Crippen molar-refractivity contribution in [1.82, 2.24) is 9.29 Å². The third-order valence-electron chi connectivity index (χ3n) is 2.76. The molecular formula is C12H14N4O2S. The number of nitrogens with zero attached hydrogens (tertiary/aromatic N) is 2. The van der Waals surface area contributed by atoms with Gasteiger partial charge in [0, 0.05) is 31.2 Å². The van der Waals surface area contributed by atoms with Crippen molar-refractivity contribution >= 4 is 26.8 Å². The summed E-state index contributed by atoms with van der Waals surface area (Å²) in [6, 6.07) is 7.26. The van der Waals surface area contributed by atoms with Gasteiger partial charge in [-0.15, -0.1) is 0 Å². The minimum atomic E-state index is -3.52. The number of hydrogen-bond donors (Lipinski definition) is 2. The minimum absolute atomic E-state index is 0.282. The number of rotatable bonds is 4. The summed E-state index contributed by atoms with van der Waals surface area (Å²) in [7, 11) is -0.607. The number of H-pyrrole nitrogens is 1. The van der Waals surface area contributed by atoms with E-state index in [0.717, 1.165) is 20.8 Å². The number of fused-ring (bicyclic) bond motifs is 1. The van der Waals surface area contributed by atoms with E-state index in [1.54, 1.807) is 24.4 Å². The van der Waals surface area contributed by atoms with Gasteiger partial charge in [-0.3, -0.25) is 4.72 Å². The SMILES string of the molecule is CN(C)S(=O)(=O)Nc1ccc2[nH]cc(CC#N)c2c1. The van der Waals surface area contributed by atoms with Gasteiger partial charge in [-0.25, -0.2) is 0 Å². The molecule has 1 aromatic carbocycles. The summed E-state index contributed by atoms with van der Waals surface area (Å²) >= 11 is 0. The molecule has 0 aliphatic heterocycles. The second-order valence-corrected chi connectivity index (χ2v) is 6.18. The lowest BCUT2D eigenvalue weighted by Crippen LogP contribution is -2.28. The topological polar surface area (TPSA) is 89.0 Å². The Kier molecular flexibility index (Phi) is 3.46. The van der Waals surface area contributed by atoms with Gasteiger partial charge in [0.05, 0.1) is 18.2 Å². The van der Waals surface area contributed by atoms with Gasteiger partial charge in [-0.2, -0.15) is 18.0 Å². The predicted molar refractivity (Wildman–Crippen MR) is 73.8 cm³/mol. The van der Waals surface area contributed by atoms with Crippen LogP contribution in [0.2, 0.25) is 0 Å². The second-order valence-electron chi connectivity index (χ2n) is 4.30. The Balaban J connectivity index is 2.41. The van der Waals surface area contributed by atoms with Crippen LogP contribution in [0.15, 0.2) is 24.4 Å². The molecule has 2 rings (SSSR count). The molecule has 0 radical (unpaired) electrons. The lowest BCUT2D eigenvalue weighted by Gasteiger charge is -2.13. The number of anilines is 1. The molecule has 0 unspecified atom stereocenters. The van der Waals surface area contributed by atoms with Crippen LogP contribution in [-0.2, 0) is 16.6 Å². The highest BCUT2D eigenvalue weighted by atomic mass is 32.2. The molecule has 6 nitrogen and oxygen atoms in total. The number of nitrogens with one attached hydrogen (secondary N) is 2. The highest BCUT2D eigenvalue weighted by Crippen LogP contribution is 2.23. The number of benzene rings is 1.